The number of aliphatic imine (C=N–C) groups is 1. The summed E-state index contributed by atoms with van der Waals surface area (Å²) < 4.78 is 0. The van der Waals surface area contributed by atoms with E-state index in [1.807, 2.05) is 110 Å². The first-order valence-electron chi connectivity index (χ1n) is 15.5. The van der Waals surface area contributed by atoms with E-state index < -0.39 is 17.2 Å². The van der Waals surface area contributed by atoms with Crippen LogP contribution in [0, 0.1) is 12.3 Å². The van der Waals surface area contributed by atoms with Gasteiger partial charge in [-0.05, 0) is 77.6 Å². The van der Waals surface area contributed by atoms with Crippen LogP contribution in [0.25, 0.3) is 28.3 Å². The molecule has 1 saturated carbocycles. The lowest BCUT2D eigenvalue weighted by molar-refractivity contribution is 0.358. The van der Waals surface area contributed by atoms with Gasteiger partial charge in [-0.25, -0.2) is 4.99 Å². The van der Waals surface area contributed by atoms with Gasteiger partial charge in [-0.1, -0.05) is 104 Å². The number of hydrogen-bond acceptors (Lipinski definition) is 5. The summed E-state index contributed by atoms with van der Waals surface area (Å²) in [6.07, 6.45) is 6.24. The van der Waals surface area contributed by atoms with E-state index in [1.165, 1.54) is 0 Å². The molecule has 0 unspecified atom stereocenters. The third-order valence-corrected chi connectivity index (χ3v) is 8.53. The first-order chi connectivity index (χ1) is 22.3. The number of aromatic hydroxyl groups is 4. The van der Waals surface area contributed by atoms with E-state index in [0.29, 0.717) is 22.8 Å². The standard InChI is InChI=1S/C40H36N2O4/c1-3-29-36(43)35(38(45)39(46)37(29)44)32-16-10-15-31(26-18-19-26)34(32)30-21-20-28(23-24(30)2)40(41)42-33(27-13-8-5-9-14-27)22-17-25-11-6-4-7-12-25/h4-17,20-23,26,41,43-46H,3,18-19H2,1-2H3/b22-17+,41-40?,42-33?. The molecule has 5 aromatic rings. The van der Waals surface area contributed by atoms with Crippen LogP contribution >= 0.6 is 0 Å². The second-order valence-electron chi connectivity index (χ2n) is 11.6. The molecule has 5 aromatic carbocycles. The zero-order chi connectivity index (χ0) is 32.4. The molecule has 0 bridgehead atoms. The molecular weight excluding hydrogens is 572 g/mol. The first-order valence-corrected chi connectivity index (χ1v) is 15.5. The minimum absolute atomic E-state index is 0.0863. The highest BCUT2D eigenvalue weighted by atomic mass is 16.3. The van der Waals surface area contributed by atoms with Gasteiger partial charge in [0.1, 0.15) is 5.75 Å². The molecule has 1 aliphatic rings. The zero-order valence-corrected chi connectivity index (χ0v) is 25.8. The van der Waals surface area contributed by atoms with Gasteiger partial charge in [0.05, 0.1) is 11.3 Å². The minimum atomic E-state index is -0.652. The number of nitrogens with one attached hydrogen (secondary N) is 1. The molecule has 0 heterocycles. The van der Waals surface area contributed by atoms with Gasteiger partial charge in [-0.15, -0.1) is 0 Å². The Labute approximate surface area is 268 Å². The van der Waals surface area contributed by atoms with Crippen molar-refractivity contribution in [2.45, 2.75) is 39.0 Å². The number of aryl methyl sites for hydroxylation is 1. The van der Waals surface area contributed by atoms with Crippen molar-refractivity contribution in [2.24, 2.45) is 4.99 Å². The predicted molar refractivity (Wildman–Crippen MR) is 185 cm³/mol. The predicted octanol–water partition coefficient (Wildman–Crippen LogP) is 9.12. The SMILES string of the molecule is CCc1c(O)c(O)c(O)c(-c2cccc(C3CC3)c2-c2ccc(C(=N)N=C(/C=C/c3ccccc3)c3ccccc3)cc2C)c1O. The van der Waals surface area contributed by atoms with Gasteiger partial charge in [0, 0.05) is 16.7 Å². The number of amidine groups is 1. The Morgan fingerprint density at radius 3 is 2.09 bits per heavy atom. The summed E-state index contributed by atoms with van der Waals surface area (Å²) in [6.45, 7) is 3.74. The molecule has 0 radical (unpaired) electrons. The van der Waals surface area contributed by atoms with Gasteiger partial charge < -0.3 is 20.4 Å². The first kappa shape index (κ1) is 30.4. The fourth-order valence-corrected chi connectivity index (χ4v) is 5.98. The third-order valence-electron chi connectivity index (χ3n) is 8.53. The molecule has 0 atom stereocenters. The summed E-state index contributed by atoms with van der Waals surface area (Å²) in [6, 6.07) is 31.3. The second kappa shape index (κ2) is 12.8. The Hall–Kier alpha value is -5.62. The molecule has 0 amide bonds. The molecule has 6 nitrogen and oxygen atoms in total. The van der Waals surface area contributed by atoms with Crippen LogP contribution in [-0.2, 0) is 6.42 Å². The van der Waals surface area contributed by atoms with Crippen LogP contribution in [0.4, 0.5) is 0 Å². The van der Waals surface area contributed by atoms with Crippen LogP contribution < -0.4 is 0 Å². The van der Waals surface area contributed by atoms with Crippen molar-refractivity contribution in [2.75, 3.05) is 0 Å². The van der Waals surface area contributed by atoms with Crippen molar-refractivity contribution in [1.29, 1.82) is 5.41 Å². The monoisotopic (exact) mass is 608 g/mol. The number of rotatable bonds is 8. The number of phenolic OH excluding ortho intramolecular Hbond substituents is 4. The van der Waals surface area contributed by atoms with Crippen molar-refractivity contribution in [3.8, 4) is 45.3 Å². The van der Waals surface area contributed by atoms with Crippen molar-refractivity contribution >= 4 is 17.6 Å². The summed E-state index contributed by atoms with van der Waals surface area (Å²) in [4.78, 5) is 4.75. The van der Waals surface area contributed by atoms with Crippen LogP contribution in [0.15, 0.2) is 108 Å². The maximum absolute atomic E-state index is 11.2. The molecule has 0 aromatic heterocycles. The average molecular weight is 609 g/mol. The van der Waals surface area contributed by atoms with Crippen LogP contribution in [0.3, 0.4) is 0 Å². The highest BCUT2D eigenvalue weighted by Gasteiger charge is 2.31. The molecule has 6 heteroatoms. The topological polar surface area (TPSA) is 117 Å². The van der Waals surface area contributed by atoms with Gasteiger partial charge in [-0.3, -0.25) is 5.41 Å². The molecule has 1 fully saturated rings. The molecule has 46 heavy (non-hydrogen) atoms. The Kier molecular flexibility index (Phi) is 8.45. The lowest BCUT2D eigenvalue weighted by Crippen LogP contribution is -2.04. The summed E-state index contributed by atoms with van der Waals surface area (Å²) >= 11 is 0. The van der Waals surface area contributed by atoms with E-state index in [1.54, 1.807) is 6.92 Å². The highest BCUT2D eigenvalue weighted by Crippen LogP contribution is 2.55. The zero-order valence-electron chi connectivity index (χ0n) is 25.8. The molecule has 0 aliphatic heterocycles. The smallest absolute Gasteiger partial charge is 0.201 e. The van der Waals surface area contributed by atoms with Crippen LogP contribution in [0.5, 0.6) is 23.0 Å². The number of hydrogen-bond donors (Lipinski definition) is 5. The second-order valence-corrected chi connectivity index (χ2v) is 11.6. The van der Waals surface area contributed by atoms with Crippen molar-refractivity contribution in [3.63, 3.8) is 0 Å². The number of benzene rings is 5. The Balaban J connectivity index is 1.44. The van der Waals surface area contributed by atoms with E-state index in [4.69, 9.17) is 10.4 Å². The van der Waals surface area contributed by atoms with Gasteiger partial charge in [-0.2, -0.15) is 0 Å². The van der Waals surface area contributed by atoms with Crippen LogP contribution in [0.2, 0.25) is 0 Å². The lowest BCUT2D eigenvalue weighted by Gasteiger charge is -2.21. The van der Waals surface area contributed by atoms with Gasteiger partial charge >= 0.3 is 0 Å². The summed E-state index contributed by atoms with van der Waals surface area (Å²) in [5.41, 5.74) is 7.78. The molecular formula is C40H36N2O4. The molecule has 5 N–H and O–H groups in total. The fraction of sp³-hybridized carbons (Fsp3) is 0.150. The molecule has 1 aliphatic carbocycles. The maximum Gasteiger partial charge on any atom is 0.201 e. The number of phenols is 4. The highest BCUT2D eigenvalue weighted by molar-refractivity contribution is 6.17. The lowest BCUT2D eigenvalue weighted by atomic mass is 9.85. The third kappa shape index (κ3) is 5.89. The van der Waals surface area contributed by atoms with E-state index in [2.05, 4.69) is 6.07 Å². The molecule has 0 spiro atoms. The van der Waals surface area contributed by atoms with E-state index >= 15 is 0 Å². The average Bonchev–Trinajstić information content (AvgIpc) is 3.93. The van der Waals surface area contributed by atoms with Crippen LogP contribution in [-0.4, -0.2) is 32.0 Å². The van der Waals surface area contributed by atoms with E-state index in [9.17, 15) is 20.4 Å². The number of allylic oxidation sites excluding steroid dienone is 1. The van der Waals surface area contributed by atoms with Crippen LogP contribution in [0.1, 0.15) is 59.1 Å². The fourth-order valence-electron chi connectivity index (χ4n) is 5.98. The summed E-state index contributed by atoms with van der Waals surface area (Å²) in [5.74, 6) is -1.54. The normalized spacial score (nSPS) is 13.3. The van der Waals surface area contributed by atoms with Gasteiger partial charge in [0.25, 0.3) is 0 Å². The molecule has 6 rings (SSSR count). The summed E-state index contributed by atoms with van der Waals surface area (Å²) in [5, 5.41) is 52.2. The van der Waals surface area contributed by atoms with E-state index in [-0.39, 0.29) is 29.1 Å². The summed E-state index contributed by atoms with van der Waals surface area (Å²) in [7, 11) is 0. The van der Waals surface area contributed by atoms with Gasteiger partial charge in [0.2, 0.25) is 5.75 Å². The van der Waals surface area contributed by atoms with Crippen molar-refractivity contribution in [1.82, 2.24) is 0 Å². The quantitative estimate of drug-likeness (QED) is 0.0523. The Morgan fingerprint density at radius 1 is 0.739 bits per heavy atom. The molecule has 0 saturated heterocycles. The Bertz CT molecular complexity index is 1990. The van der Waals surface area contributed by atoms with Crippen molar-refractivity contribution in [3.05, 3.63) is 137 Å². The Morgan fingerprint density at radius 2 is 1.43 bits per heavy atom. The maximum atomic E-state index is 11.2. The minimum Gasteiger partial charge on any atom is -0.507 e. The van der Waals surface area contributed by atoms with Gasteiger partial charge in [0.15, 0.2) is 17.3 Å². The number of nitrogens with zero attached hydrogens (tertiary/aromatic N) is 1. The van der Waals surface area contributed by atoms with Crippen molar-refractivity contribution < 1.29 is 20.4 Å². The largest absolute Gasteiger partial charge is 0.507 e. The van der Waals surface area contributed by atoms with E-state index in [0.717, 1.165) is 46.2 Å². The molecule has 230 valence electrons.